The maximum absolute atomic E-state index is 11.5. The largest absolute Gasteiger partial charge is 0.349 e. The van der Waals surface area contributed by atoms with E-state index >= 15 is 0 Å². The minimum atomic E-state index is -0.159. The maximum atomic E-state index is 11.5. The molecular weight excluding hydrogens is 180 g/mol. The number of hydrogen-bond donors (Lipinski definition) is 1. The van der Waals surface area contributed by atoms with Gasteiger partial charge in [0, 0.05) is 30.9 Å². The van der Waals surface area contributed by atoms with E-state index in [1.165, 1.54) is 10.6 Å². The first-order valence-electron chi connectivity index (χ1n) is 4.64. The third-order valence-electron chi connectivity index (χ3n) is 2.28. The second kappa shape index (κ2) is 3.29. The Labute approximate surface area is 81.6 Å². The Bertz CT molecular complexity index is 418. The van der Waals surface area contributed by atoms with Crippen LogP contribution in [-0.2, 0) is 7.05 Å². The second-order valence-electron chi connectivity index (χ2n) is 3.61. The van der Waals surface area contributed by atoms with Crippen LogP contribution in [0.25, 0.3) is 0 Å². The van der Waals surface area contributed by atoms with Gasteiger partial charge in [0.15, 0.2) is 0 Å². The molecule has 0 aliphatic heterocycles. The summed E-state index contributed by atoms with van der Waals surface area (Å²) in [5, 5.41) is 2.83. The molecule has 74 valence electrons. The van der Waals surface area contributed by atoms with Crippen molar-refractivity contribution >= 4 is 5.91 Å². The third kappa shape index (κ3) is 1.84. The summed E-state index contributed by atoms with van der Waals surface area (Å²) < 4.78 is 1.44. The predicted octanol–water partition coefficient (Wildman–Crippen LogP) is 0.277. The van der Waals surface area contributed by atoms with E-state index in [0.717, 1.165) is 12.8 Å². The normalized spacial score (nSPS) is 15.2. The van der Waals surface area contributed by atoms with E-state index < -0.39 is 0 Å². The second-order valence-corrected chi connectivity index (χ2v) is 3.61. The van der Waals surface area contributed by atoms with Gasteiger partial charge in [-0.2, -0.15) is 0 Å². The first kappa shape index (κ1) is 8.99. The topological polar surface area (TPSA) is 51.1 Å². The van der Waals surface area contributed by atoms with Crippen molar-refractivity contribution < 1.29 is 4.79 Å². The smallest absolute Gasteiger partial charge is 0.251 e. The fourth-order valence-corrected chi connectivity index (χ4v) is 1.19. The molecule has 0 unspecified atom stereocenters. The van der Waals surface area contributed by atoms with Crippen LogP contribution < -0.4 is 10.9 Å². The summed E-state index contributed by atoms with van der Waals surface area (Å²) in [6, 6.07) is 3.34. The highest BCUT2D eigenvalue weighted by molar-refractivity contribution is 5.94. The Hall–Kier alpha value is -1.58. The number of carbonyl (C=O) groups excluding carboxylic acids is 1. The number of nitrogens with one attached hydrogen (secondary N) is 1. The number of hydrogen-bond acceptors (Lipinski definition) is 2. The van der Waals surface area contributed by atoms with Crippen LogP contribution in [0.4, 0.5) is 0 Å². The van der Waals surface area contributed by atoms with E-state index in [9.17, 15) is 9.59 Å². The molecule has 1 aromatic rings. The number of aromatic nitrogens is 1. The van der Waals surface area contributed by atoms with Crippen LogP contribution in [0.1, 0.15) is 23.2 Å². The number of carbonyl (C=O) groups is 1. The summed E-state index contributed by atoms with van der Waals surface area (Å²) in [6.45, 7) is 0. The monoisotopic (exact) mass is 192 g/mol. The number of pyridine rings is 1. The molecule has 2 rings (SSSR count). The van der Waals surface area contributed by atoms with Crippen molar-refractivity contribution in [3.63, 3.8) is 0 Å². The highest BCUT2D eigenvalue weighted by Gasteiger charge is 2.23. The van der Waals surface area contributed by atoms with Gasteiger partial charge in [0.2, 0.25) is 0 Å². The minimum Gasteiger partial charge on any atom is -0.349 e. The van der Waals surface area contributed by atoms with Crippen LogP contribution in [0, 0.1) is 0 Å². The van der Waals surface area contributed by atoms with Gasteiger partial charge < -0.3 is 9.88 Å². The van der Waals surface area contributed by atoms with Crippen molar-refractivity contribution in [1.82, 2.24) is 9.88 Å². The minimum absolute atomic E-state index is 0.148. The lowest BCUT2D eigenvalue weighted by atomic mass is 10.2. The molecular formula is C10H12N2O2. The van der Waals surface area contributed by atoms with E-state index in [1.54, 1.807) is 19.3 Å². The van der Waals surface area contributed by atoms with Gasteiger partial charge in [-0.1, -0.05) is 0 Å². The van der Waals surface area contributed by atoms with Crippen LogP contribution in [0.3, 0.4) is 0 Å². The van der Waals surface area contributed by atoms with Gasteiger partial charge in [-0.05, 0) is 18.9 Å². The molecule has 1 heterocycles. The first-order valence-corrected chi connectivity index (χ1v) is 4.64. The number of amides is 1. The van der Waals surface area contributed by atoms with E-state index in [4.69, 9.17) is 0 Å². The molecule has 1 amide bonds. The van der Waals surface area contributed by atoms with Crippen LogP contribution in [0.15, 0.2) is 23.1 Å². The van der Waals surface area contributed by atoms with Gasteiger partial charge in [0.05, 0.1) is 0 Å². The molecule has 1 fully saturated rings. The first-order chi connectivity index (χ1) is 6.66. The van der Waals surface area contributed by atoms with Gasteiger partial charge in [0.1, 0.15) is 0 Å². The molecule has 0 bridgehead atoms. The average Bonchev–Trinajstić information content (AvgIpc) is 2.93. The zero-order chi connectivity index (χ0) is 10.1. The van der Waals surface area contributed by atoms with Crippen molar-refractivity contribution in [3.05, 3.63) is 34.2 Å². The van der Waals surface area contributed by atoms with E-state index in [2.05, 4.69) is 5.32 Å². The predicted molar refractivity (Wildman–Crippen MR) is 52.2 cm³/mol. The van der Waals surface area contributed by atoms with Gasteiger partial charge in [-0.3, -0.25) is 9.59 Å². The Morgan fingerprint density at radius 1 is 1.57 bits per heavy atom. The van der Waals surface area contributed by atoms with E-state index in [1.807, 2.05) is 0 Å². The van der Waals surface area contributed by atoms with Crippen LogP contribution in [0.2, 0.25) is 0 Å². The average molecular weight is 192 g/mol. The van der Waals surface area contributed by atoms with Gasteiger partial charge in [0.25, 0.3) is 11.5 Å². The molecule has 0 spiro atoms. The summed E-state index contributed by atoms with van der Waals surface area (Å²) in [5.41, 5.74) is 0.286. The molecule has 0 atom stereocenters. The molecule has 4 heteroatoms. The van der Waals surface area contributed by atoms with Crippen LogP contribution >= 0.6 is 0 Å². The molecule has 0 saturated heterocycles. The van der Waals surface area contributed by atoms with Crippen molar-refractivity contribution in [2.75, 3.05) is 0 Å². The quantitative estimate of drug-likeness (QED) is 0.731. The fourth-order valence-electron chi connectivity index (χ4n) is 1.19. The molecule has 0 radical (unpaired) electrons. The highest BCUT2D eigenvalue weighted by Crippen LogP contribution is 2.18. The lowest BCUT2D eigenvalue weighted by Crippen LogP contribution is -2.27. The Morgan fingerprint density at radius 2 is 2.29 bits per heavy atom. The molecule has 14 heavy (non-hydrogen) atoms. The Kier molecular flexibility index (Phi) is 2.11. The van der Waals surface area contributed by atoms with Crippen LogP contribution in [0.5, 0.6) is 0 Å². The molecule has 1 N–H and O–H groups in total. The number of rotatable bonds is 2. The highest BCUT2D eigenvalue weighted by atomic mass is 16.2. The lowest BCUT2D eigenvalue weighted by molar-refractivity contribution is 0.0951. The van der Waals surface area contributed by atoms with Crippen molar-refractivity contribution in [2.24, 2.45) is 7.05 Å². The zero-order valence-corrected chi connectivity index (χ0v) is 7.99. The number of aryl methyl sites for hydroxylation is 1. The number of nitrogens with zero attached hydrogens (tertiary/aromatic N) is 1. The molecule has 1 aliphatic rings. The Balaban J connectivity index is 2.18. The lowest BCUT2D eigenvalue weighted by Gasteiger charge is -2.03. The maximum Gasteiger partial charge on any atom is 0.251 e. The Morgan fingerprint density at radius 3 is 2.86 bits per heavy atom. The fraction of sp³-hybridized carbons (Fsp3) is 0.400. The molecule has 1 aromatic heterocycles. The van der Waals surface area contributed by atoms with Crippen molar-refractivity contribution in [2.45, 2.75) is 18.9 Å². The van der Waals surface area contributed by atoms with Gasteiger partial charge in [-0.25, -0.2) is 0 Å². The van der Waals surface area contributed by atoms with E-state index in [-0.39, 0.29) is 11.5 Å². The summed E-state index contributed by atoms with van der Waals surface area (Å²) in [6.07, 6.45) is 3.71. The molecule has 0 aromatic carbocycles. The summed E-state index contributed by atoms with van der Waals surface area (Å²) >= 11 is 0. The standard InChI is InChI=1S/C10H12N2O2/c1-12-5-4-7(6-9(12)13)10(14)11-8-2-3-8/h4-6,8H,2-3H2,1H3,(H,11,14). The van der Waals surface area contributed by atoms with E-state index in [0.29, 0.717) is 11.6 Å². The van der Waals surface area contributed by atoms with Crippen molar-refractivity contribution in [3.8, 4) is 0 Å². The summed E-state index contributed by atoms with van der Waals surface area (Å²) in [4.78, 5) is 22.7. The molecule has 1 saturated carbocycles. The summed E-state index contributed by atoms with van der Waals surface area (Å²) in [5.74, 6) is -0.148. The van der Waals surface area contributed by atoms with Gasteiger partial charge in [-0.15, -0.1) is 0 Å². The summed E-state index contributed by atoms with van der Waals surface area (Å²) in [7, 11) is 1.66. The van der Waals surface area contributed by atoms with Crippen LogP contribution in [-0.4, -0.2) is 16.5 Å². The molecule has 1 aliphatic carbocycles. The van der Waals surface area contributed by atoms with Crippen molar-refractivity contribution in [1.29, 1.82) is 0 Å². The zero-order valence-electron chi connectivity index (χ0n) is 7.99. The SMILES string of the molecule is Cn1ccc(C(=O)NC2CC2)cc1=O. The van der Waals surface area contributed by atoms with Gasteiger partial charge >= 0.3 is 0 Å². The third-order valence-corrected chi connectivity index (χ3v) is 2.28. The molecule has 4 nitrogen and oxygen atoms in total.